The Bertz CT molecular complexity index is 393. The number of aliphatic carboxylic acids is 1. The lowest BCUT2D eigenvalue weighted by molar-refractivity contribution is -0.176. The fourth-order valence-corrected chi connectivity index (χ4v) is 2.42. The van der Waals surface area contributed by atoms with Crippen LogP contribution in [0.3, 0.4) is 0 Å². The zero-order valence-corrected chi connectivity index (χ0v) is 11.0. The molecule has 20 heavy (non-hydrogen) atoms. The Labute approximate surface area is 115 Å². The van der Waals surface area contributed by atoms with E-state index in [0.717, 1.165) is 25.7 Å². The summed E-state index contributed by atoms with van der Waals surface area (Å²) in [5.74, 6) is -4.34. The molecule has 1 amide bonds. The van der Waals surface area contributed by atoms with E-state index in [2.05, 4.69) is 6.58 Å². The first-order valence-electron chi connectivity index (χ1n) is 6.51. The van der Waals surface area contributed by atoms with Crippen molar-refractivity contribution in [3.63, 3.8) is 0 Å². The van der Waals surface area contributed by atoms with Crippen LogP contribution in [0.25, 0.3) is 0 Å². The molecule has 4 nitrogen and oxygen atoms in total. The summed E-state index contributed by atoms with van der Waals surface area (Å²) < 4.78 is 36.8. The third-order valence-corrected chi connectivity index (χ3v) is 3.50. The minimum atomic E-state index is -5.09. The van der Waals surface area contributed by atoms with Gasteiger partial charge in [0.2, 0.25) is 0 Å². The highest BCUT2D eigenvalue weighted by molar-refractivity contribution is 5.87. The van der Waals surface area contributed by atoms with E-state index in [1.807, 2.05) is 0 Å². The van der Waals surface area contributed by atoms with Crippen molar-refractivity contribution in [2.24, 2.45) is 5.92 Å². The molecule has 2 atom stereocenters. The van der Waals surface area contributed by atoms with Gasteiger partial charge in [0.15, 0.2) is 0 Å². The van der Waals surface area contributed by atoms with Crippen LogP contribution in [-0.4, -0.2) is 29.2 Å². The van der Waals surface area contributed by atoms with Gasteiger partial charge in [0, 0.05) is 5.92 Å². The van der Waals surface area contributed by atoms with E-state index < -0.39 is 30.0 Å². The Morgan fingerprint density at radius 3 is 2.40 bits per heavy atom. The van der Waals surface area contributed by atoms with Gasteiger partial charge in [-0.2, -0.15) is 13.2 Å². The van der Waals surface area contributed by atoms with E-state index in [1.165, 1.54) is 0 Å². The molecule has 1 fully saturated rings. The molecule has 0 radical (unpaired) electrons. The number of hydrogen-bond acceptors (Lipinski definition) is 2. The van der Waals surface area contributed by atoms with Crippen LogP contribution in [0.5, 0.6) is 0 Å². The number of alkyl halides is 3. The van der Waals surface area contributed by atoms with Gasteiger partial charge < -0.3 is 10.4 Å². The lowest BCUT2D eigenvalue weighted by Crippen LogP contribution is -2.50. The molecule has 2 N–H and O–H groups in total. The van der Waals surface area contributed by atoms with Crippen molar-refractivity contribution in [3.8, 4) is 0 Å². The summed E-state index contributed by atoms with van der Waals surface area (Å²) in [6.07, 6.45) is -0.618. The summed E-state index contributed by atoms with van der Waals surface area (Å²) in [5.41, 5.74) is 0.597. The van der Waals surface area contributed by atoms with Gasteiger partial charge in [0.05, 0.1) is 0 Å². The van der Waals surface area contributed by atoms with Crippen LogP contribution in [0.4, 0.5) is 13.2 Å². The maximum absolute atomic E-state index is 12.3. The van der Waals surface area contributed by atoms with Crippen LogP contribution < -0.4 is 5.32 Å². The second-order valence-corrected chi connectivity index (χ2v) is 5.00. The molecule has 1 aliphatic carbocycles. The van der Waals surface area contributed by atoms with E-state index in [9.17, 15) is 22.8 Å². The van der Waals surface area contributed by atoms with Crippen LogP contribution in [0.2, 0.25) is 0 Å². The molecule has 1 rings (SSSR count). The van der Waals surface area contributed by atoms with Gasteiger partial charge in [0.25, 0.3) is 0 Å². The number of nitrogens with one attached hydrogen (secondary N) is 1. The van der Waals surface area contributed by atoms with Crippen LogP contribution in [0.15, 0.2) is 12.2 Å². The molecule has 1 saturated carbocycles. The number of hydrogen-bond donors (Lipinski definition) is 2. The largest absolute Gasteiger partial charge is 0.480 e. The first-order valence-corrected chi connectivity index (χ1v) is 6.51. The summed E-state index contributed by atoms with van der Waals surface area (Å²) in [7, 11) is 0. The van der Waals surface area contributed by atoms with Crippen molar-refractivity contribution < 1.29 is 27.9 Å². The van der Waals surface area contributed by atoms with Crippen LogP contribution >= 0.6 is 0 Å². The maximum Gasteiger partial charge on any atom is 0.471 e. The Hall–Kier alpha value is -1.53. The molecule has 0 aromatic heterocycles. The second-order valence-electron chi connectivity index (χ2n) is 5.00. The number of carbonyl (C=O) groups excluding carboxylic acids is 1. The number of carboxylic acids is 1. The van der Waals surface area contributed by atoms with Gasteiger partial charge in [-0.05, 0) is 19.3 Å². The van der Waals surface area contributed by atoms with E-state index >= 15 is 0 Å². The van der Waals surface area contributed by atoms with Gasteiger partial charge in [-0.15, -0.1) is 0 Å². The minimum absolute atomic E-state index is 0.425. The Balaban J connectivity index is 2.85. The second kappa shape index (κ2) is 6.76. The van der Waals surface area contributed by atoms with Gasteiger partial charge >= 0.3 is 18.1 Å². The first-order chi connectivity index (χ1) is 9.23. The number of carbonyl (C=O) groups is 2. The van der Waals surface area contributed by atoms with E-state index in [-0.39, 0.29) is 0 Å². The predicted octanol–water partition coefficient (Wildman–Crippen LogP) is 2.64. The zero-order chi connectivity index (χ0) is 15.3. The van der Waals surface area contributed by atoms with Crippen LogP contribution in [-0.2, 0) is 9.59 Å². The SMILES string of the molecule is C=C1CCCCCC[C@H]1[C@H](NC(=O)C(F)(F)F)C(=O)O. The molecule has 0 aliphatic heterocycles. The normalized spacial score (nSPS) is 22.6. The van der Waals surface area contributed by atoms with Crippen LogP contribution in [0.1, 0.15) is 38.5 Å². The topological polar surface area (TPSA) is 66.4 Å². The molecule has 0 heterocycles. The fraction of sp³-hybridized carbons (Fsp3) is 0.692. The number of halogens is 3. The van der Waals surface area contributed by atoms with Crippen LogP contribution in [0, 0.1) is 5.92 Å². The molecule has 7 heteroatoms. The summed E-state index contributed by atoms with van der Waals surface area (Å²) in [4.78, 5) is 22.1. The van der Waals surface area contributed by atoms with Crippen molar-refractivity contribution in [1.29, 1.82) is 0 Å². The summed E-state index contributed by atoms with van der Waals surface area (Å²) in [6.45, 7) is 3.77. The fourth-order valence-electron chi connectivity index (χ4n) is 2.42. The highest BCUT2D eigenvalue weighted by atomic mass is 19.4. The zero-order valence-electron chi connectivity index (χ0n) is 11.0. The number of carboxylic acid groups (broad SMARTS) is 1. The molecular formula is C13H18F3NO3. The highest BCUT2D eigenvalue weighted by Crippen LogP contribution is 2.29. The van der Waals surface area contributed by atoms with Crippen molar-refractivity contribution >= 4 is 11.9 Å². The monoisotopic (exact) mass is 293 g/mol. The Morgan fingerprint density at radius 1 is 1.25 bits per heavy atom. The van der Waals surface area contributed by atoms with Crippen molar-refractivity contribution in [3.05, 3.63) is 12.2 Å². The number of rotatable bonds is 3. The maximum atomic E-state index is 12.3. The van der Waals surface area contributed by atoms with Gasteiger partial charge in [-0.1, -0.05) is 31.4 Å². The summed E-state index contributed by atoms with van der Waals surface area (Å²) in [5, 5.41) is 10.7. The lowest BCUT2D eigenvalue weighted by Gasteiger charge is -2.28. The standard InChI is InChI=1S/C13H18F3NO3/c1-8-6-4-2-3-5-7-9(8)10(11(18)19)17-12(20)13(14,15)16/h9-10H,1-7H2,(H,17,20)(H,18,19)/t9-,10+/m1/s1. The Kier molecular flexibility index (Phi) is 5.59. The quantitative estimate of drug-likeness (QED) is 0.786. The highest BCUT2D eigenvalue weighted by Gasteiger charge is 2.42. The van der Waals surface area contributed by atoms with Gasteiger partial charge in [-0.3, -0.25) is 4.79 Å². The molecule has 0 saturated heterocycles. The first kappa shape index (κ1) is 16.5. The molecule has 0 aromatic rings. The molecule has 114 valence electrons. The minimum Gasteiger partial charge on any atom is -0.480 e. The Morgan fingerprint density at radius 2 is 1.85 bits per heavy atom. The molecule has 0 aromatic carbocycles. The van der Waals surface area contributed by atoms with E-state index in [4.69, 9.17) is 5.11 Å². The molecule has 0 unspecified atom stereocenters. The third-order valence-electron chi connectivity index (χ3n) is 3.50. The van der Waals surface area contributed by atoms with E-state index in [0.29, 0.717) is 18.4 Å². The number of amides is 1. The van der Waals surface area contributed by atoms with Crippen molar-refractivity contribution in [2.45, 2.75) is 50.7 Å². The predicted molar refractivity (Wildman–Crippen MR) is 66.0 cm³/mol. The van der Waals surface area contributed by atoms with Gasteiger partial charge in [0.1, 0.15) is 6.04 Å². The average Bonchev–Trinajstić information content (AvgIpc) is 2.30. The summed E-state index contributed by atoms with van der Waals surface area (Å²) >= 11 is 0. The van der Waals surface area contributed by atoms with Gasteiger partial charge in [-0.25, -0.2) is 4.79 Å². The average molecular weight is 293 g/mol. The molecule has 0 spiro atoms. The lowest BCUT2D eigenvalue weighted by atomic mass is 9.82. The summed E-state index contributed by atoms with van der Waals surface area (Å²) in [6, 6.07) is -1.57. The molecule has 0 bridgehead atoms. The smallest absolute Gasteiger partial charge is 0.471 e. The van der Waals surface area contributed by atoms with E-state index in [1.54, 1.807) is 5.32 Å². The molecule has 1 aliphatic rings. The van der Waals surface area contributed by atoms with Crippen molar-refractivity contribution in [2.75, 3.05) is 0 Å². The molecular weight excluding hydrogens is 275 g/mol. The van der Waals surface area contributed by atoms with Crippen molar-refractivity contribution in [1.82, 2.24) is 5.32 Å². The third kappa shape index (κ3) is 4.54.